The van der Waals surface area contributed by atoms with Gasteiger partial charge in [0.1, 0.15) is 0 Å². The first-order chi connectivity index (χ1) is 5.24. The van der Waals surface area contributed by atoms with E-state index in [0.29, 0.717) is 12.5 Å². The van der Waals surface area contributed by atoms with Crippen molar-refractivity contribution in [3.05, 3.63) is 0 Å². The summed E-state index contributed by atoms with van der Waals surface area (Å²) < 4.78 is 0. The van der Waals surface area contributed by atoms with Gasteiger partial charge in [0.2, 0.25) is 0 Å². The van der Waals surface area contributed by atoms with Gasteiger partial charge in [-0.15, -0.1) is 0 Å². The Morgan fingerprint density at radius 3 is 2.08 bits per heavy atom. The molecule has 78 valence electrons. The van der Waals surface area contributed by atoms with Crippen molar-refractivity contribution in [3.63, 3.8) is 0 Å². The zero-order valence-corrected chi connectivity index (χ0v) is 11.8. The van der Waals surface area contributed by atoms with Gasteiger partial charge in [-0.1, -0.05) is 0 Å². The summed E-state index contributed by atoms with van der Waals surface area (Å²) in [5.41, 5.74) is 5.48. The number of hydrogen-bond acceptors (Lipinski definition) is 2. The molecule has 0 aromatic carbocycles. The molecule has 0 aliphatic heterocycles. The van der Waals surface area contributed by atoms with Gasteiger partial charge in [-0.05, 0) is 38.1 Å². The zero-order chi connectivity index (χ0) is 8.27. The van der Waals surface area contributed by atoms with E-state index in [1.165, 1.54) is 0 Å². The van der Waals surface area contributed by atoms with Crippen LogP contribution in [0.3, 0.4) is 0 Å². The molecule has 0 aromatic rings. The van der Waals surface area contributed by atoms with E-state index in [2.05, 4.69) is 0 Å². The van der Waals surface area contributed by atoms with Crippen molar-refractivity contribution in [2.75, 3.05) is 6.54 Å². The normalized spacial score (nSPS) is 26.8. The molecule has 0 bridgehead atoms. The van der Waals surface area contributed by atoms with Crippen molar-refractivity contribution >= 4 is 29.9 Å². The Balaban J connectivity index is 0. The molecule has 1 rings (SSSR count). The molecular weight excluding hydrogens is 280 g/mol. The van der Waals surface area contributed by atoms with Gasteiger partial charge in [-0.3, -0.25) is 9.50 Å². The molecule has 1 saturated carbocycles. The molecule has 0 heterocycles. The van der Waals surface area contributed by atoms with E-state index in [-0.39, 0.29) is 34.5 Å². The van der Waals surface area contributed by atoms with Crippen LogP contribution in [0, 0.1) is 11.8 Å². The van der Waals surface area contributed by atoms with E-state index < -0.39 is 5.97 Å². The van der Waals surface area contributed by atoms with Crippen molar-refractivity contribution in [2.24, 2.45) is 17.6 Å². The summed E-state index contributed by atoms with van der Waals surface area (Å²) in [6.07, 6.45) is 3.62. The summed E-state index contributed by atoms with van der Waals surface area (Å²) in [5, 5.41) is 8.67. The molecule has 0 saturated heterocycles. The van der Waals surface area contributed by atoms with Crippen molar-refractivity contribution in [1.29, 1.82) is 0 Å². The van der Waals surface area contributed by atoms with Crippen LogP contribution in [-0.4, -0.2) is 41.5 Å². The zero-order valence-electron chi connectivity index (χ0n) is 7.74. The standard InChI is InChI=1S/C8H15NO2.FH.Sn.2H/c9-5-6-1-3-7(4-2-6)8(10)11;;;;/h6-7H,1-5,9H2,(H,10,11);1H;;;. The van der Waals surface area contributed by atoms with Gasteiger partial charge in [0, 0.05) is 0 Å². The summed E-state index contributed by atoms with van der Waals surface area (Å²) in [7, 11) is 0. The van der Waals surface area contributed by atoms with Crippen LogP contribution >= 0.6 is 0 Å². The third-order valence-corrected chi connectivity index (χ3v) is 2.53. The monoisotopic (exact) mass is 299 g/mol. The number of nitrogens with two attached hydrogens (primary N) is 1. The number of carboxylic acids is 1. The summed E-state index contributed by atoms with van der Waals surface area (Å²) >= 11 is 0. The third-order valence-electron chi connectivity index (χ3n) is 2.53. The van der Waals surface area contributed by atoms with E-state index >= 15 is 0 Å². The Hall–Kier alpha value is 0.159. The van der Waals surface area contributed by atoms with E-state index in [1.807, 2.05) is 0 Å². The van der Waals surface area contributed by atoms with Crippen LogP contribution in [0.25, 0.3) is 0 Å². The van der Waals surface area contributed by atoms with Gasteiger partial charge >= 0.3 is 29.9 Å². The van der Waals surface area contributed by atoms with Crippen LogP contribution in [-0.2, 0) is 4.79 Å². The van der Waals surface area contributed by atoms with Crippen LogP contribution in [0.15, 0.2) is 0 Å². The van der Waals surface area contributed by atoms with Gasteiger partial charge in [-0.25, -0.2) is 0 Å². The summed E-state index contributed by atoms with van der Waals surface area (Å²) in [6.45, 7) is 0.715. The number of hydrogen-bond donors (Lipinski definition) is 2. The SMILES string of the molecule is F.NCC1CCC(C(=O)O)CC1.[SnH2]. The van der Waals surface area contributed by atoms with Crippen LogP contribution in [0.5, 0.6) is 0 Å². The Bertz CT molecular complexity index is 149. The molecule has 0 spiro atoms. The first-order valence-electron chi connectivity index (χ1n) is 4.17. The van der Waals surface area contributed by atoms with Crippen LogP contribution in [0.4, 0.5) is 4.70 Å². The first kappa shape index (κ1) is 15.6. The molecule has 0 unspecified atom stereocenters. The second-order valence-electron chi connectivity index (χ2n) is 3.29. The molecule has 1 aliphatic rings. The number of carboxylic acid groups (broad SMARTS) is 1. The Kier molecular flexibility index (Phi) is 9.08. The average molecular weight is 298 g/mol. The maximum absolute atomic E-state index is 10.5. The van der Waals surface area contributed by atoms with Gasteiger partial charge in [0.15, 0.2) is 0 Å². The van der Waals surface area contributed by atoms with Gasteiger partial charge in [0.25, 0.3) is 0 Å². The summed E-state index contributed by atoms with van der Waals surface area (Å²) in [6, 6.07) is 0. The summed E-state index contributed by atoms with van der Waals surface area (Å²) in [4.78, 5) is 10.5. The van der Waals surface area contributed by atoms with Gasteiger partial charge in [-0.2, -0.15) is 0 Å². The van der Waals surface area contributed by atoms with E-state index in [0.717, 1.165) is 25.7 Å². The van der Waals surface area contributed by atoms with Crippen molar-refractivity contribution in [1.82, 2.24) is 0 Å². The Morgan fingerprint density at radius 1 is 1.31 bits per heavy atom. The second kappa shape index (κ2) is 7.55. The molecule has 0 aromatic heterocycles. The number of carbonyl (C=O) groups is 1. The second-order valence-corrected chi connectivity index (χ2v) is 3.29. The fraction of sp³-hybridized carbons (Fsp3) is 0.875. The van der Waals surface area contributed by atoms with E-state index in [1.54, 1.807) is 0 Å². The average Bonchev–Trinajstić information content (AvgIpc) is 2.05. The van der Waals surface area contributed by atoms with Crippen molar-refractivity contribution in [2.45, 2.75) is 25.7 Å². The van der Waals surface area contributed by atoms with E-state index in [9.17, 15) is 4.79 Å². The summed E-state index contributed by atoms with van der Waals surface area (Å²) in [5.74, 6) is -0.163. The molecule has 1 aliphatic carbocycles. The molecule has 0 atom stereocenters. The fourth-order valence-electron chi connectivity index (χ4n) is 1.65. The Morgan fingerprint density at radius 2 is 1.77 bits per heavy atom. The molecular formula is C8H18FNO2Sn. The van der Waals surface area contributed by atoms with Gasteiger partial charge < -0.3 is 10.8 Å². The van der Waals surface area contributed by atoms with Crippen molar-refractivity contribution < 1.29 is 14.6 Å². The molecule has 13 heavy (non-hydrogen) atoms. The predicted octanol–water partition coefficient (Wildman–Crippen LogP) is 0.0724. The maximum atomic E-state index is 10.5. The molecule has 2 radical (unpaired) electrons. The van der Waals surface area contributed by atoms with Crippen LogP contribution in [0.2, 0.25) is 0 Å². The third kappa shape index (κ3) is 4.81. The minimum absolute atomic E-state index is 0. The predicted molar refractivity (Wildman–Crippen MR) is 53.2 cm³/mol. The number of halogens is 1. The number of aliphatic carboxylic acids is 1. The van der Waals surface area contributed by atoms with Crippen molar-refractivity contribution in [3.8, 4) is 0 Å². The molecule has 5 heteroatoms. The van der Waals surface area contributed by atoms with Gasteiger partial charge in [0.05, 0.1) is 5.92 Å². The molecule has 1 fully saturated rings. The molecule has 3 N–H and O–H groups in total. The van der Waals surface area contributed by atoms with E-state index in [4.69, 9.17) is 10.8 Å². The first-order valence-corrected chi connectivity index (χ1v) is 4.17. The molecule has 0 amide bonds. The Labute approximate surface area is 94.4 Å². The fourth-order valence-corrected chi connectivity index (χ4v) is 1.65. The quantitative estimate of drug-likeness (QED) is 0.709. The topological polar surface area (TPSA) is 63.3 Å². The number of rotatable bonds is 2. The molecule has 3 nitrogen and oxygen atoms in total. The minimum atomic E-state index is -0.638. The van der Waals surface area contributed by atoms with Crippen LogP contribution in [0.1, 0.15) is 25.7 Å². The van der Waals surface area contributed by atoms with Crippen LogP contribution < -0.4 is 5.73 Å².